The molecule has 0 aliphatic carbocycles. The zero-order valence-electron chi connectivity index (χ0n) is 19.2. The van der Waals surface area contributed by atoms with Crippen molar-refractivity contribution in [2.75, 3.05) is 13.7 Å². The molecule has 182 valence electrons. The first-order valence-corrected chi connectivity index (χ1v) is 11.4. The van der Waals surface area contributed by atoms with E-state index in [0.717, 1.165) is 16.9 Å². The smallest absolute Gasteiger partial charge is 0.220 e. The predicted molar refractivity (Wildman–Crippen MR) is 124 cm³/mol. The Bertz CT molecular complexity index is 936. The summed E-state index contributed by atoms with van der Waals surface area (Å²) in [5.41, 5.74) is 1.75. The van der Waals surface area contributed by atoms with Crippen LogP contribution in [0.4, 0.5) is 0 Å². The summed E-state index contributed by atoms with van der Waals surface area (Å²) in [6.45, 7) is 4.11. The first-order valence-electron chi connectivity index (χ1n) is 11.4. The van der Waals surface area contributed by atoms with Crippen LogP contribution in [0.25, 0.3) is 0 Å². The fourth-order valence-corrected chi connectivity index (χ4v) is 4.06. The lowest BCUT2D eigenvalue weighted by atomic mass is 9.95. The van der Waals surface area contributed by atoms with E-state index in [2.05, 4.69) is 11.9 Å². The van der Waals surface area contributed by atoms with E-state index in [4.69, 9.17) is 23.7 Å². The van der Waals surface area contributed by atoms with Gasteiger partial charge in [0, 0.05) is 12.0 Å². The minimum Gasteiger partial charge on any atom is -0.497 e. The lowest BCUT2D eigenvalue weighted by molar-refractivity contribution is -0.345. The third-order valence-electron chi connectivity index (χ3n) is 5.91. The topological polar surface area (TPSA) is 95.5 Å². The Balaban J connectivity index is 1.47. The Kier molecular flexibility index (Phi) is 8.31. The van der Waals surface area contributed by atoms with E-state index in [1.807, 2.05) is 54.6 Å². The molecule has 0 radical (unpaired) electrons. The summed E-state index contributed by atoms with van der Waals surface area (Å²) in [6, 6.07) is 16.1. The second kappa shape index (κ2) is 11.6. The standard InChI is InChI=1S/C26H31NO7/c1-3-4-10-21(28)27-22-23(29)24-20(16-32-25(34-24)18-8-6-5-7-9-18)33-26(22)31-15-17-11-13-19(30-2)14-12-17/h3,5-9,11-14,20,22-26,29H,1,4,10,15-16H2,2H3,(H,27,28)/t20-,22-,23-,24-,25-,26-/m1/s1. The molecule has 2 aliphatic heterocycles. The number of carbonyl (C=O) groups excluding carboxylic acids is 1. The highest BCUT2D eigenvalue weighted by Gasteiger charge is 2.50. The molecule has 0 aromatic heterocycles. The summed E-state index contributed by atoms with van der Waals surface area (Å²) >= 11 is 0. The van der Waals surface area contributed by atoms with E-state index in [1.165, 1.54) is 0 Å². The van der Waals surface area contributed by atoms with Gasteiger partial charge in [-0.1, -0.05) is 48.5 Å². The lowest BCUT2D eigenvalue weighted by Crippen LogP contribution is -2.66. The highest BCUT2D eigenvalue weighted by atomic mass is 16.7. The maximum atomic E-state index is 12.5. The van der Waals surface area contributed by atoms with Crippen LogP contribution in [-0.4, -0.2) is 55.4 Å². The number of aliphatic hydroxyl groups excluding tert-OH is 1. The zero-order valence-corrected chi connectivity index (χ0v) is 19.2. The van der Waals surface area contributed by atoms with Crippen molar-refractivity contribution in [1.82, 2.24) is 5.32 Å². The monoisotopic (exact) mass is 469 g/mol. The third kappa shape index (κ3) is 5.84. The second-order valence-electron chi connectivity index (χ2n) is 8.29. The Morgan fingerprint density at radius 3 is 2.65 bits per heavy atom. The predicted octanol–water partition coefficient (Wildman–Crippen LogP) is 2.86. The summed E-state index contributed by atoms with van der Waals surface area (Å²) in [5.74, 6) is 0.517. The molecule has 2 saturated heterocycles. The van der Waals surface area contributed by atoms with Gasteiger partial charge in [0.1, 0.15) is 30.1 Å². The van der Waals surface area contributed by atoms with Gasteiger partial charge in [0.25, 0.3) is 0 Å². The molecule has 34 heavy (non-hydrogen) atoms. The molecule has 8 heteroatoms. The molecule has 2 aromatic carbocycles. The van der Waals surface area contributed by atoms with Gasteiger partial charge in [0.2, 0.25) is 5.91 Å². The number of fused-ring (bicyclic) bond motifs is 1. The number of hydrogen-bond donors (Lipinski definition) is 2. The Morgan fingerprint density at radius 2 is 1.94 bits per heavy atom. The highest BCUT2D eigenvalue weighted by molar-refractivity contribution is 5.76. The quantitative estimate of drug-likeness (QED) is 0.545. The van der Waals surface area contributed by atoms with Crippen LogP contribution in [0, 0.1) is 0 Å². The highest BCUT2D eigenvalue weighted by Crippen LogP contribution is 2.34. The fraction of sp³-hybridized carbons (Fsp3) is 0.423. The number of rotatable bonds is 9. The molecule has 0 spiro atoms. The minimum absolute atomic E-state index is 0.223. The van der Waals surface area contributed by atoms with Crippen molar-refractivity contribution in [3.63, 3.8) is 0 Å². The van der Waals surface area contributed by atoms with E-state index in [0.29, 0.717) is 6.42 Å². The van der Waals surface area contributed by atoms with Gasteiger partial charge in [-0.15, -0.1) is 6.58 Å². The second-order valence-corrected chi connectivity index (χ2v) is 8.29. The first kappa shape index (κ1) is 24.4. The molecule has 2 aromatic rings. The molecular formula is C26H31NO7. The van der Waals surface area contributed by atoms with Crippen molar-refractivity contribution in [3.05, 3.63) is 78.4 Å². The van der Waals surface area contributed by atoms with E-state index >= 15 is 0 Å². The summed E-state index contributed by atoms with van der Waals surface area (Å²) in [6.07, 6.45) is -1.35. The van der Waals surface area contributed by atoms with Crippen LogP contribution < -0.4 is 10.1 Å². The largest absolute Gasteiger partial charge is 0.497 e. The van der Waals surface area contributed by atoms with Crippen LogP contribution in [0.2, 0.25) is 0 Å². The minimum atomic E-state index is -1.05. The molecule has 8 nitrogen and oxygen atoms in total. The molecule has 0 bridgehead atoms. The zero-order chi connectivity index (χ0) is 23.9. The molecule has 0 saturated carbocycles. The Hall–Kier alpha value is -2.75. The number of allylic oxidation sites excluding steroid dienone is 1. The van der Waals surface area contributed by atoms with Gasteiger partial charge >= 0.3 is 0 Å². The van der Waals surface area contributed by atoms with Crippen molar-refractivity contribution in [3.8, 4) is 5.75 Å². The first-order chi connectivity index (χ1) is 16.6. The lowest BCUT2D eigenvalue weighted by Gasteiger charge is -2.47. The van der Waals surface area contributed by atoms with Crippen molar-refractivity contribution in [2.24, 2.45) is 0 Å². The number of ether oxygens (including phenoxy) is 5. The number of nitrogens with one attached hydrogen (secondary N) is 1. The third-order valence-corrected chi connectivity index (χ3v) is 5.91. The van der Waals surface area contributed by atoms with Gasteiger partial charge in [-0.3, -0.25) is 4.79 Å². The molecule has 0 unspecified atom stereocenters. The van der Waals surface area contributed by atoms with Crippen molar-refractivity contribution in [1.29, 1.82) is 0 Å². The van der Waals surface area contributed by atoms with Crippen molar-refractivity contribution >= 4 is 5.91 Å². The van der Waals surface area contributed by atoms with E-state index in [1.54, 1.807) is 13.2 Å². The van der Waals surface area contributed by atoms with E-state index < -0.39 is 36.9 Å². The molecule has 1 amide bonds. The van der Waals surface area contributed by atoms with Gasteiger partial charge in [0.15, 0.2) is 12.6 Å². The van der Waals surface area contributed by atoms with Crippen molar-refractivity contribution < 1.29 is 33.6 Å². The van der Waals surface area contributed by atoms with Crippen LogP contribution in [0.15, 0.2) is 67.3 Å². The summed E-state index contributed by atoms with van der Waals surface area (Å²) in [7, 11) is 1.61. The summed E-state index contributed by atoms with van der Waals surface area (Å²) in [4.78, 5) is 12.5. The Morgan fingerprint density at radius 1 is 1.18 bits per heavy atom. The van der Waals surface area contributed by atoms with Crippen LogP contribution in [0.5, 0.6) is 5.75 Å². The molecule has 2 N–H and O–H groups in total. The van der Waals surface area contributed by atoms with Gasteiger partial charge in [-0.2, -0.15) is 0 Å². The number of amides is 1. The van der Waals surface area contributed by atoms with Gasteiger partial charge in [0.05, 0.1) is 20.3 Å². The van der Waals surface area contributed by atoms with E-state index in [-0.39, 0.29) is 25.5 Å². The summed E-state index contributed by atoms with van der Waals surface area (Å²) < 4.78 is 29.3. The average molecular weight is 470 g/mol. The van der Waals surface area contributed by atoms with Gasteiger partial charge in [-0.25, -0.2) is 0 Å². The summed E-state index contributed by atoms with van der Waals surface area (Å²) in [5, 5.41) is 14.1. The fourth-order valence-electron chi connectivity index (χ4n) is 4.06. The molecule has 2 aliphatic rings. The Labute approximate surface area is 199 Å². The van der Waals surface area contributed by atoms with E-state index in [9.17, 15) is 9.90 Å². The maximum Gasteiger partial charge on any atom is 0.220 e. The number of hydrogen-bond acceptors (Lipinski definition) is 7. The van der Waals surface area contributed by atoms with Crippen LogP contribution in [-0.2, 0) is 30.3 Å². The van der Waals surface area contributed by atoms with Gasteiger partial charge < -0.3 is 34.1 Å². The molecule has 6 atom stereocenters. The average Bonchev–Trinajstić information content (AvgIpc) is 2.88. The molecular weight excluding hydrogens is 438 g/mol. The molecule has 2 heterocycles. The molecule has 2 fully saturated rings. The van der Waals surface area contributed by atoms with Crippen molar-refractivity contribution in [2.45, 2.75) is 56.4 Å². The molecule has 4 rings (SSSR count). The number of benzene rings is 2. The van der Waals surface area contributed by atoms with Crippen LogP contribution >= 0.6 is 0 Å². The SMILES string of the molecule is C=CCCC(=O)N[C@H]1[C@H](OCc2ccc(OC)cc2)O[C@@H]2CO[C@@H](c3ccccc3)O[C@H]2[C@@H]1O. The van der Waals surface area contributed by atoms with Gasteiger partial charge in [-0.05, 0) is 24.1 Å². The van der Waals surface area contributed by atoms with Crippen LogP contribution in [0.3, 0.4) is 0 Å². The number of aliphatic hydroxyl groups is 1. The number of methoxy groups -OCH3 is 1. The van der Waals surface area contributed by atoms with Crippen LogP contribution in [0.1, 0.15) is 30.3 Å². The normalized spacial score (nSPS) is 28.5. The number of carbonyl (C=O) groups is 1. The maximum absolute atomic E-state index is 12.5.